The summed E-state index contributed by atoms with van der Waals surface area (Å²) >= 11 is 0. The minimum absolute atomic E-state index is 0.0574. The molecule has 1 fully saturated rings. The van der Waals surface area contributed by atoms with Gasteiger partial charge < -0.3 is 4.90 Å². The number of carbonyl (C=O) groups excluding carboxylic acids is 1. The Morgan fingerprint density at radius 2 is 1.88 bits per heavy atom. The van der Waals surface area contributed by atoms with Gasteiger partial charge in [0.05, 0.1) is 24.3 Å². The van der Waals surface area contributed by atoms with Gasteiger partial charge in [0, 0.05) is 19.6 Å². The maximum Gasteiger partial charge on any atom is 0.237 e. The highest BCUT2D eigenvalue weighted by molar-refractivity contribution is 7.91. The fourth-order valence-corrected chi connectivity index (χ4v) is 5.35. The van der Waals surface area contributed by atoms with Crippen molar-refractivity contribution in [3.63, 3.8) is 0 Å². The molecular weight excluding hydrogens is 364 g/mol. The van der Waals surface area contributed by atoms with E-state index in [1.165, 1.54) is 11.9 Å². The molecule has 0 N–H and O–H groups in total. The van der Waals surface area contributed by atoms with E-state index in [4.69, 9.17) is 0 Å². The lowest BCUT2D eigenvalue weighted by atomic mass is 10.1. The predicted molar refractivity (Wildman–Crippen MR) is 96.4 cm³/mol. The van der Waals surface area contributed by atoms with Crippen LogP contribution in [0, 0.1) is 0 Å². The van der Waals surface area contributed by atoms with Crippen molar-refractivity contribution in [2.24, 2.45) is 0 Å². The number of rotatable bonds is 7. The van der Waals surface area contributed by atoms with Gasteiger partial charge in [0.2, 0.25) is 15.9 Å². The largest absolute Gasteiger partial charge is 0.341 e. The van der Waals surface area contributed by atoms with Crippen LogP contribution in [0.2, 0.25) is 0 Å². The van der Waals surface area contributed by atoms with E-state index in [1.807, 2.05) is 30.3 Å². The molecule has 2 rings (SSSR count). The van der Waals surface area contributed by atoms with Crippen molar-refractivity contribution < 1.29 is 21.6 Å². The van der Waals surface area contributed by atoms with E-state index in [2.05, 4.69) is 0 Å². The zero-order valence-electron chi connectivity index (χ0n) is 14.5. The first-order valence-corrected chi connectivity index (χ1v) is 11.7. The van der Waals surface area contributed by atoms with E-state index < -0.39 is 19.9 Å². The van der Waals surface area contributed by atoms with Crippen LogP contribution in [-0.2, 0) is 31.1 Å². The molecule has 1 aliphatic rings. The minimum Gasteiger partial charge on any atom is -0.341 e. The number of benzene rings is 1. The smallest absolute Gasteiger partial charge is 0.237 e. The van der Waals surface area contributed by atoms with Gasteiger partial charge in [-0.15, -0.1) is 0 Å². The van der Waals surface area contributed by atoms with Crippen molar-refractivity contribution in [2.75, 3.05) is 37.9 Å². The summed E-state index contributed by atoms with van der Waals surface area (Å²) < 4.78 is 48.3. The van der Waals surface area contributed by atoms with Crippen LogP contribution in [0.3, 0.4) is 0 Å². The van der Waals surface area contributed by atoms with Gasteiger partial charge >= 0.3 is 0 Å². The summed E-state index contributed by atoms with van der Waals surface area (Å²) in [5.74, 6) is -0.377. The maximum atomic E-state index is 12.4. The van der Waals surface area contributed by atoms with E-state index in [9.17, 15) is 21.6 Å². The van der Waals surface area contributed by atoms with E-state index in [0.717, 1.165) is 16.1 Å². The first kappa shape index (κ1) is 19.9. The van der Waals surface area contributed by atoms with E-state index in [0.29, 0.717) is 12.8 Å². The fourth-order valence-electron chi connectivity index (χ4n) is 2.81. The summed E-state index contributed by atoms with van der Waals surface area (Å²) in [6.07, 6.45) is 1.97. The molecule has 0 radical (unpaired) electrons. The maximum absolute atomic E-state index is 12.4. The second kappa shape index (κ2) is 7.84. The van der Waals surface area contributed by atoms with Crippen LogP contribution in [0.25, 0.3) is 0 Å². The van der Waals surface area contributed by atoms with Crippen molar-refractivity contribution in [2.45, 2.75) is 18.9 Å². The average Bonchev–Trinajstić information content (AvgIpc) is 2.90. The third-order valence-corrected chi connectivity index (χ3v) is 7.42. The zero-order chi connectivity index (χ0) is 18.7. The van der Waals surface area contributed by atoms with E-state index in [1.54, 1.807) is 0 Å². The van der Waals surface area contributed by atoms with Gasteiger partial charge in [-0.25, -0.2) is 16.8 Å². The lowest BCUT2D eigenvalue weighted by molar-refractivity contribution is -0.131. The van der Waals surface area contributed by atoms with Gasteiger partial charge in [-0.3, -0.25) is 4.79 Å². The van der Waals surface area contributed by atoms with Crippen molar-refractivity contribution >= 4 is 25.8 Å². The molecule has 1 aromatic carbocycles. The third kappa shape index (κ3) is 5.79. The van der Waals surface area contributed by atoms with Crippen LogP contribution >= 0.6 is 0 Å². The summed E-state index contributed by atoms with van der Waals surface area (Å²) in [4.78, 5) is 13.8. The molecule has 7 nitrogen and oxygen atoms in total. The van der Waals surface area contributed by atoms with Crippen molar-refractivity contribution in [3.8, 4) is 0 Å². The SMILES string of the molecule is CN(C(=O)CN(CCc1ccccc1)S(C)(=O)=O)C1CCS(=O)(=O)C1. The number of hydrogen-bond acceptors (Lipinski definition) is 5. The standard InChI is InChI=1S/C16H24N2O5S2/c1-17(15-9-11-25(22,23)13-15)16(19)12-18(24(2,20)21)10-8-14-6-4-3-5-7-14/h3-7,15H,8-13H2,1-2H3. The number of carbonyl (C=O) groups is 1. The molecule has 25 heavy (non-hydrogen) atoms. The van der Waals surface area contributed by atoms with Crippen LogP contribution in [0.4, 0.5) is 0 Å². The third-order valence-electron chi connectivity index (χ3n) is 4.42. The van der Waals surface area contributed by atoms with Crippen LogP contribution in [0.15, 0.2) is 30.3 Å². The minimum atomic E-state index is -3.54. The molecule has 1 unspecified atom stereocenters. The van der Waals surface area contributed by atoms with Crippen molar-refractivity contribution in [1.29, 1.82) is 0 Å². The highest BCUT2D eigenvalue weighted by Gasteiger charge is 2.33. The first-order valence-electron chi connectivity index (χ1n) is 8.03. The lowest BCUT2D eigenvalue weighted by Gasteiger charge is -2.27. The molecule has 1 atom stereocenters. The molecule has 0 spiro atoms. The van der Waals surface area contributed by atoms with Crippen molar-refractivity contribution in [3.05, 3.63) is 35.9 Å². The Morgan fingerprint density at radius 3 is 2.40 bits per heavy atom. The van der Waals surface area contributed by atoms with Gasteiger partial charge in [0.1, 0.15) is 0 Å². The van der Waals surface area contributed by atoms with Gasteiger partial charge in [-0.1, -0.05) is 30.3 Å². The van der Waals surface area contributed by atoms with E-state index in [-0.39, 0.29) is 36.5 Å². The number of nitrogens with zero attached hydrogens (tertiary/aromatic N) is 2. The summed E-state index contributed by atoms with van der Waals surface area (Å²) in [7, 11) is -5.11. The van der Waals surface area contributed by atoms with Gasteiger partial charge in [0.25, 0.3) is 0 Å². The average molecular weight is 389 g/mol. The summed E-state index contributed by atoms with van der Waals surface area (Å²) in [6.45, 7) is -0.0793. The van der Waals surface area contributed by atoms with Crippen LogP contribution in [0.1, 0.15) is 12.0 Å². The highest BCUT2D eigenvalue weighted by Crippen LogP contribution is 2.17. The molecule has 0 bridgehead atoms. The number of hydrogen-bond donors (Lipinski definition) is 0. The Kier molecular flexibility index (Phi) is 6.23. The summed E-state index contributed by atoms with van der Waals surface area (Å²) in [5, 5.41) is 0. The van der Waals surface area contributed by atoms with Crippen molar-refractivity contribution in [1.82, 2.24) is 9.21 Å². The Labute approximate surface area is 149 Å². The van der Waals surface area contributed by atoms with Crippen LogP contribution in [0.5, 0.6) is 0 Å². The molecule has 1 heterocycles. The summed E-state index contributed by atoms with van der Waals surface area (Å²) in [6, 6.07) is 9.05. The number of likely N-dealkylation sites (N-methyl/N-ethyl adjacent to an activating group) is 1. The quantitative estimate of drug-likeness (QED) is 0.662. The number of sulfone groups is 1. The van der Waals surface area contributed by atoms with Gasteiger partial charge in [-0.05, 0) is 18.4 Å². The Morgan fingerprint density at radius 1 is 1.24 bits per heavy atom. The molecule has 1 aromatic rings. The highest BCUT2D eigenvalue weighted by atomic mass is 32.2. The van der Waals surface area contributed by atoms with Crippen LogP contribution in [-0.4, -0.2) is 75.9 Å². The number of amides is 1. The molecule has 1 aliphatic heterocycles. The second-order valence-electron chi connectivity index (χ2n) is 6.39. The van der Waals surface area contributed by atoms with Crippen LogP contribution < -0.4 is 0 Å². The van der Waals surface area contributed by atoms with Gasteiger partial charge in [-0.2, -0.15) is 4.31 Å². The molecule has 0 aliphatic carbocycles. The Hall–Kier alpha value is -1.45. The Balaban J connectivity index is 2.00. The monoisotopic (exact) mass is 388 g/mol. The molecular formula is C16H24N2O5S2. The topological polar surface area (TPSA) is 91.8 Å². The van der Waals surface area contributed by atoms with E-state index >= 15 is 0 Å². The lowest BCUT2D eigenvalue weighted by Crippen LogP contribution is -2.45. The Bertz CT molecular complexity index is 806. The predicted octanol–water partition coefficient (Wildman–Crippen LogP) is 0.136. The molecule has 0 saturated carbocycles. The normalized spacial score (nSPS) is 19.9. The molecule has 9 heteroatoms. The first-order chi connectivity index (χ1) is 11.6. The molecule has 0 aromatic heterocycles. The molecule has 1 amide bonds. The second-order valence-corrected chi connectivity index (χ2v) is 10.6. The molecule has 1 saturated heterocycles. The fraction of sp³-hybridized carbons (Fsp3) is 0.562. The van der Waals surface area contributed by atoms with Gasteiger partial charge in [0.15, 0.2) is 9.84 Å². The summed E-state index contributed by atoms with van der Waals surface area (Å²) in [5.41, 5.74) is 0.985. The number of sulfonamides is 1. The zero-order valence-corrected chi connectivity index (χ0v) is 16.1. The molecule has 140 valence electrons.